The maximum atomic E-state index is 12.7. The minimum atomic E-state index is -5.01. The largest absolute Gasteiger partial charge is 0.471 e. The van der Waals surface area contributed by atoms with Crippen LogP contribution in [0.2, 0.25) is 0 Å². The van der Waals surface area contributed by atoms with E-state index in [-0.39, 0.29) is 18.8 Å². The summed E-state index contributed by atoms with van der Waals surface area (Å²) < 4.78 is 43.1. The number of carbonyl (C=O) groups is 2. The van der Waals surface area contributed by atoms with Crippen LogP contribution >= 0.6 is 0 Å². The van der Waals surface area contributed by atoms with Crippen LogP contribution in [0.3, 0.4) is 0 Å². The van der Waals surface area contributed by atoms with Crippen LogP contribution in [0.5, 0.6) is 0 Å². The number of nitrogens with zero attached hydrogens (tertiary/aromatic N) is 2. The number of aryl methyl sites for hydroxylation is 1. The molecule has 26 heavy (non-hydrogen) atoms. The molecule has 2 amide bonds. The zero-order valence-corrected chi connectivity index (χ0v) is 13.8. The quantitative estimate of drug-likeness (QED) is 0.904. The predicted molar refractivity (Wildman–Crippen MR) is 86.1 cm³/mol. The van der Waals surface area contributed by atoms with Gasteiger partial charge in [-0.1, -0.05) is 35.0 Å². The summed E-state index contributed by atoms with van der Waals surface area (Å²) in [6.07, 6.45) is -3.13. The molecule has 0 bridgehead atoms. The molecule has 1 atom stereocenters. The van der Waals surface area contributed by atoms with E-state index < -0.39 is 24.0 Å². The van der Waals surface area contributed by atoms with Crippen molar-refractivity contribution >= 4 is 17.7 Å². The maximum Gasteiger partial charge on any atom is 0.471 e. The Kier molecular flexibility index (Phi) is 4.71. The van der Waals surface area contributed by atoms with Gasteiger partial charge in [0.05, 0.1) is 11.8 Å². The highest BCUT2D eigenvalue weighted by molar-refractivity contribution is 5.99. The van der Waals surface area contributed by atoms with Crippen LogP contribution in [0, 0.1) is 6.92 Å². The molecule has 1 aliphatic heterocycles. The lowest BCUT2D eigenvalue weighted by molar-refractivity contribution is -0.186. The Morgan fingerprint density at radius 1 is 1.27 bits per heavy atom. The molecule has 0 radical (unpaired) electrons. The lowest BCUT2D eigenvalue weighted by Crippen LogP contribution is -2.48. The summed E-state index contributed by atoms with van der Waals surface area (Å²) in [5, 5.41) is 6.10. The Balaban J connectivity index is 1.77. The van der Waals surface area contributed by atoms with Crippen molar-refractivity contribution in [1.29, 1.82) is 0 Å². The summed E-state index contributed by atoms with van der Waals surface area (Å²) >= 11 is 0. The minimum absolute atomic E-state index is 0.0326. The number of likely N-dealkylation sites (tertiary alicyclic amines) is 1. The topological polar surface area (TPSA) is 75.4 Å². The first kappa shape index (κ1) is 18.0. The van der Waals surface area contributed by atoms with E-state index in [1.165, 1.54) is 6.20 Å². The van der Waals surface area contributed by atoms with Crippen LogP contribution in [-0.4, -0.2) is 40.6 Å². The van der Waals surface area contributed by atoms with Gasteiger partial charge in [0.1, 0.15) is 6.04 Å². The molecule has 3 rings (SSSR count). The second-order valence-corrected chi connectivity index (χ2v) is 6.08. The van der Waals surface area contributed by atoms with E-state index in [1.54, 1.807) is 0 Å². The number of rotatable bonds is 3. The Morgan fingerprint density at radius 3 is 2.62 bits per heavy atom. The minimum Gasteiger partial charge on any atom is -0.338 e. The van der Waals surface area contributed by atoms with E-state index in [0.29, 0.717) is 16.9 Å². The number of benzene rings is 1. The molecule has 2 aromatic rings. The number of halogens is 3. The summed E-state index contributed by atoms with van der Waals surface area (Å²) in [4.78, 5) is 24.5. The smallest absolute Gasteiger partial charge is 0.338 e. The van der Waals surface area contributed by atoms with Gasteiger partial charge in [-0.2, -0.15) is 13.2 Å². The van der Waals surface area contributed by atoms with Gasteiger partial charge in [-0.3, -0.25) is 14.9 Å². The number of carbonyl (C=O) groups excluding carboxylic acids is 2. The fourth-order valence-electron chi connectivity index (χ4n) is 2.91. The molecule has 6 nitrogen and oxygen atoms in total. The molecular formula is C17H16F3N3O3. The van der Waals surface area contributed by atoms with Gasteiger partial charge in [-0.05, 0) is 25.3 Å². The van der Waals surface area contributed by atoms with E-state index in [0.717, 1.165) is 11.1 Å². The van der Waals surface area contributed by atoms with Crippen molar-refractivity contribution in [2.75, 3.05) is 11.9 Å². The number of hydrogen-bond donors (Lipinski definition) is 1. The lowest BCUT2D eigenvalue weighted by Gasteiger charge is -2.24. The zero-order chi connectivity index (χ0) is 18.9. The summed E-state index contributed by atoms with van der Waals surface area (Å²) in [5.74, 6) is -2.71. The summed E-state index contributed by atoms with van der Waals surface area (Å²) in [5.41, 5.74) is 2.29. The van der Waals surface area contributed by atoms with Gasteiger partial charge in [0.2, 0.25) is 11.8 Å². The first-order valence-electron chi connectivity index (χ1n) is 7.98. The van der Waals surface area contributed by atoms with E-state index in [9.17, 15) is 22.8 Å². The monoisotopic (exact) mass is 367 g/mol. The highest BCUT2D eigenvalue weighted by Gasteiger charge is 2.47. The van der Waals surface area contributed by atoms with Gasteiger partial charge in [0.25, 0.3) is 0 Å². The predicted octanol–water partition coefficient (Wildman–Crippen LogP) is 3.14. The van der Waals surface area contributed by atoms with Crippen LogP contribution in [0.15, 0.2) is 35.0 Å². The fraction of sp³-hybridized carbons (Fsp3) is 0.353. The molecule has 1 aromatic carbocycles. The molecule has 138 valence electrons. The van der Waals surface area contributed by atoms with Crippen molar-refractivity contribution in [3.8, 4) is 11.1 Å². The van der Waals surface area contributed by atoms with Crippen molar-refractivity contribution in [3.05, 3.63) is 36.0 Å². The van der Waals surface area contributed by atoms with Gasteiger partial charge >= 0.3 is 12.1 Å². The highest BCUT2D eigenvalue weighted by Crippen LogP contribution is 2.30. The average Bonchev–Trinajstić information content (AvgIpc) is 3.23. The van der Waals surface area contributed by atoms with Gasteiger partial charge in [-0.25, -0.2) is 0 Å². The molecular weight excluding hydrogens is 351 g/mol. The number of aromatic nitrogens is 1. The zero-order valence-electron chi connectivity index (χ0n) is 13.8. The second kappa shape index (κ2) is 6.81. The normalized spacial score (nSPS) is 17.4. The van der Waals surface area contributed by atoms with Crippen molar-refractivity contribution < 1.29 is 27.3 Å². The van der Waals surface area contributed by atoms with E-state index in [1.807, 2.05) is 31.2 Å². The van der Waals surface area contributed by atoms with Crippen molar-refractivity contribution in [3.63, 3.8) is 0 Å². The van der Waals surface area contributed by atoms with Crippen LogP contribution in [-0.2, 0) is 9.59 Å². The van der Waals surface area contributed by atoms with Gasteiger partial charge in [0, 0.05) is 6.54 Å². The van der Waals surface area contributed by atoms with Gasteiger partial charge in [-0.15, -0.1) is 0 Å². The van der Waals surface area contributed by atoms with E-state index in [2.05, 4.69) is 10.5 Å². The Morgan fingerprint density at radius 2 is 1.96 bits per heavy atom. The SMILES string of the molecule is Cc1ccc(-c2cnoc2NC(=O)C2CCCN2C(=O)C(F)(F)F)cc1. The summed E-state index contributed by atoms with van der Waals surface area (Å²) in [7, 11) is 0. The summed E-state index contributed by atoms with van der Waals surface area (Å²) in [6, 6.07) is 6.17. The first-order chi connectivity index (χ1) is 12.3. The molecule has 0 spiro atoms. The lowest BCUT2D eigenvalue weighted by atomic mass is 10.1. The maximum absolute atomic E-state index is 12.7. The van der Waals surface area contributed by atoms with Gasteiger partial charge < -0.3 is 9.42 Å². The number of anilines is 1. The molecule has 1 aromatic heterocycles. The molecule has 2 heterocycles. The second-order valence-electron chi connectivity index (χ2n) is 6.08. The third-order valence-electron chi connectivity index (χ3n) is 4.23. The van der Waals surface area contributed by atoms with Crippen molar-refractivity contribution in [1.82, 2.24) is 10.1 Å². The molecule has 0 aliphatic carbocycles. The molecule has 1 saturated heterocycles. The first-order valence-corrected chi connectivity index (χ1v) is 7.98. The van der Waals surface area contributed by atoms with E-state index in [4.69, 9.17) is 4.52 Å². The number of amides is 2. The Labute approximate surface area is 146 Å². The molecule has 1 fully saturated rings. The Hall–Kier alpha value is -2.84. The fourth-order valence-corrected chi connectivity index (χ4v) is 2.91. The third kappa shape index (κ3) is 3.56. The highest BCUT2D eigenvalue weighted by atomic mass is 19.4. The van der Waals surface area contributed by atoms with Crippen LogP contribution in [0.1, 0.15) is 18.4 Å². The Bertz CT molecular complexity index is 815. The summed E-state index contributed by atoms with van der Waals surface area (Å²) in [6.45, 7) is 1.81. The van der Waals surface area contributed by atoms with Crippen LogP contribution < -0.4 is 5.32 Å². The molecule has 1 unspecified atom stereocenters. The molecule has 0 saturated carbocycles. The number of nitrogens with one attached hydrogen (secondary N) is 1. The molecule has 1 N–H and O–H groups in total. The molecule has 9 heteroatoms. The van der Waals surface area contributed by atoms with Crippen LogP contribution in [0.25, 0.3) is 11.1 Å². The van der Waals surface area contributed by atoms with E-state index >= 15 is 0 Å². The van der Waals surface area contributed by atoms with Crippen LogP contribution in [0.4, 0.5) is 19.1 Å². The standard InChI is InChI=1S/C17H16F3N3O3/c1-10-4-6-11(7-5-10)12-9-21-26-15(12)22-14(24)13-3-2-8-23(13)16(25)17(18,19)20/h4-7,9,13H,2-3,8H2,1H3,(H,22,24). The number of alkyl halides is 3. The van der Waals surface area contributed by atoms with Gasteiger partial charge in [0.15, 0.2) is 0 Å². The van der Waals surface area contributed by atoms with Crippen molar-refractivity contribution in [2.24, 2.45) is 0 Å². The number of hydrogen-bond acceptors (Lipinski definition) is 4. The average molecular weight is 367 g/mol. The third-order valence-corrected chi connectivity index (χ3v) is 4.23. The van der Waals surface area contributed by atoms with Crippen molar-refractivity contribution in [2.45, 2.75) is 32.0 Å². The molecule has 1 aliphatic rings.